The zero-order valence-corrected chi connectivity index (χ0v) is 12.0. The van der Waals surface area contributed by atoms with Crippen LogP contribution >= 0.6 is 27.7 Å². The summed E-state index contributed by atoms with van der Waals surface area (Å²) in [6.45, 7) is 0.513. The van der Waals surface area contributed by atoms with E-state index in [1.165, 1.54) is 16.7 Å². The third kappa shape index (κ3) is 2.76. The van der Waals surface area contributed by atoms with Crippen LogP contribution in [0.2, 0.25) is 0 Å². The summed E-state index contributed by atoms with van der Waals surface area (Å²) in [5.41, 5.74) is 6.04. The van der Waals surface area contributed by atoms with Gasteiger partial charge in [-0.2, -0.15) is 0 Å². The molecule has 1 aromatic rings. The molecule has 2 rings (SSSR count). The van der Waals surface area contributed by atoms with Crippen molar-refractivity contribution in [2.75, 3.05) is 17.2 Å². The largest absolute Gasteiger partial charge is 0.330 e. The molecule has 18 heavy (non-hydrogen) atoms. The summed E-state index contributed by atoms with van der Waals surface area (Å²) < 4.78 is 0.846. The summed E-state index contributed by atoms with van der Waals surface area (Å²) >= 11 is 4.78. The lowest BCUT2D eigenvalue weighted by molar-refractivity contribution is -0.121. The minimum absolute atomic E-state index is 0.142. The minimum atomic E-state index is -0.292. The summed E-state index contributed by atoms with van der Waals surface area (Å²) in [4.78, 5) is 25.3. The number of rotatable bonds is 4. The smallest absolute Gasteiger partial charge is 0.247 e. The number of anilines is 1. The molecule has 1 aromatic carbocycles. The van der Waals surface area contributed by atoms with Gasteiger partial charge in [-0.3, -0.25) is 9.59 Å². The van der Waals surface area contributed by atoms with E-state index in [9.17, 15) is 9.59 Å². The number of hydrogen-bond donors (Lipinski definition) is 1. The lowest BCUT2D eigenvalue weighted by Gasteiger charge is -2.15. The van der Waals surface area contributed by atoms with Crippen LogP contribution in [0, 0.1) is 0 Å². The van der Waals surface area contributed by atoms with Crippen molar-refractivity contribution in [1.82, 2.24) is 0 Å². The van der Waals surface area contributed by atoms with Crippen LogP contribution in [0.25, 0.3) is 0 Å². The molecular weight excluding hydrogens is 316 g/mol. The zero-order chi connectivity index (χ0) is 13.1. The number of carbonyl (C=O) groups excluding carboxylic acids is 2. The number of hydrogen-bond acceptors (Lipinski definition) is 4. The summed E-state index contributed by atoms with van der Waals surface area (Å²) in [5, 5.41) is -0.292. The first kappa shape index (κ1) is 13.6. The van der Waals surface area contributed by atoms with Crippen LogP contribution in [-0.2, 0) is 9.59 Å². The number of thioether (sulfide) groups is 1. The van der Waals surface area contributed by atoms with E-state index in [0.717, 1.165) is 4.47 Å². The van der Waals surface area contributed by atoms with Crippen molar-refractivity contribution in [1.29, 1.82) is 0 Å². The van der Waals surface area contributed by atoms with Gasteiger partial charge in [0.05, 0.1) is 10.9 Å². The fourth-order valence-corrected chi connectivity index (χ4v) is 3.15. The Balaban J connectivity index is 2.19. The van der Waals surface area contributed by atoms with E-state index < -0.39 is 0 Å². The Labute approximate surface area is 118 Å². The van der Waals surface area contributed by atoms with Crippen molar-refractivity contribution in [2.24, 2.45) is 5.73 Å². The van der Waals surface area contributed by atoms with Crippen LogP contribution in [0.15, 0.2) is 28.7 Å². The average molecular weight is 329 g/mol. The third-order valence-corrected chi connectivity index (χ3v) is 4.34. The van der Waals surface area contributed by atoms with E-state index in [1.807, 2.05) is 6.07 Å². The normalized spacial score (nSPS) is 19.7. The van der Waals surface area contributed by atoms with Gasteiger partial charge < -0.3 is 5.73 Å². The molecule has 1 saturated heterocycles. The van der Waals surface area contributed by atoms with Crippen molar-refractivity contribution in [3.8, 4) is 0 Å². The fraction of sp³-hybridized carbons (Fsp3) is 0.333. The summed E-state index contributed by atoms with van der Waals surface area (Å²) in [6, 6.07) is 7.19. The average Bonchev–Trinajstić information content (AvgIpc) is 2.62. The lowest BCUT2D eigenvalue weighted by Crippen LogP contribution is -2.31. The fourth-order valence-electron chi connectivity index (χ4n) is 1.83. The molecule has 1 fully saturated rings. The van der Waals surface area contributed by atoms with E-state index in [1.54, 1.807) is 18.2 Å². The maximum atomic E-state index is 12.2. The lowest BCUT2D eigenvalue weighted by atomic mass is 10.3. The Kier molecular flexibility index (Phi) is 4.42. The molecule has 2 N–H and O–H groups in total. The standard InChI is InChI=1S/C12H13BrN2O2S/c13-8-2-1-3-9(6-8)15-11(16)7-10(12(15)17)18-5-4-14/h1-3,6,10H,4-5,7,14H2. The second-order valence-corrected chi connectivity index (χ2v) is 6.13. The number of carbonyl (C=O) groups is 2. The maximum Gasteiger partial charge on any atom is 0.247 e. The molecule has 1 aliphatic heterocycles. The van der Waals surface area contributed by atoms with E-state index >= 15 is 0 Å². The van der Waals surface area contributed by atoms with Gasteiger partial charge in [-0.05, 0) is 18.2 Å². The third-order valence-electron chi connectivity index (χ3n) is 2.61. The maximum absolute atomic E-state index is 12.2. The van der Waals surface area contributed by atoms with E-state index in [-0.39, 0.29) is 23.5 Å². The molecule has 1 heterocycles. The van der Waals surface area contributed by atoms with Crippen LogP contribution in [0.5, 0.6) is 0 Å². The highest BCUT2D eigenvalue weighted by Gasteiger charge is 2.39. The van der Waals surface area contributed by atoms with Gasteiger partial charge in [0, 0.05) is 23.2 Å². The Morgan fingerprint density at radius 3 is 2.89 bits per heavy atom. The molecule has 0 aliphatic carbocycles. The van der Waals surface area contributed by atoms with Crippen LogP contribution in [0.3, 0.4) is 0 Å². The predicted octanol–water partition coefficient (Wildman–Crippen LogP) is 1.77. The van der Waals surface area contributed by atoms with Crippen molar-refractivity contribution in [2.45, 2.75) is 11.7 Å². The van der Waals surface area contributed by atoms with Gasteiger partial charge in [0.1, 0.15) is 0 Å². The van der Waals surface area contributed by atoms with E-state index in [4.69, 9.17) is 5.73 Å². The van der Waals surface area contributed by atoms with Crippen LogP contribution in [0.1, 0.15) is 6.42 Å². The summed E-state index contributed by atoms with van der Waals surface area (Å²) in [5.74, 6) is 0.403. The second kappa shape index (κ2) is 5.86. The number of amides is 2. The first-order valence-corrected chi connectivity index (χ1v) is 7.41. The van der Waals surface area contributed by atoms with E-state index in [2.05, 4.69) is 15.9 Å². The van der Waals surface area contributed by atoms with Gasteiger partial charge in [0.25, 0.3) is 0 Å². The first-order chi connectivity index (χ1) is 8.63. The van der Waals surface area contributed by atoms with E-state index in [0.29, 0.717) is 18.0 Å². The number of imide groups is 1. The molecule has 1 unspecified atom stereocenters. The Bertz CT molecular complexity index is 481. The predicted molar refractivity (Wildman–Crippen MR) is 76.6 cm³/mol. The highest BCUT2D eigenvalue weighted by Crippen LogP contribution is 2.30. The SMILES string of the molecule is NCCSC1CC(=O)N(c2cccc(Br)c2)C1=O. The zero-order valence-electron chi connectivity index (χ0n) is 9.64. The second-order valence-electron chi connectivity index (χ2n) is 3.90. The summed E-state index contributed by atoms with van der Waals surface area (Å²) in [6.07, 6.45) is 0.260. The Hall–Kier alpha value is -0.850. The first-order valence-electron chi connectivity index (χ1n) is 5.57. The Morgan fingerprint density at radius 1 is 1.44 bits per heavy atom. The number of nitrogens with two attached hydrogens (primary N) is 1. The monoisotopic (exact) mass is 328 g/mol. The highest BCUT2D eigenvalue weighted by atomic mass is 79.9. The minimum Gasteiger partial charge on any atom is -0.330 e. The molecule has 4 nitrogen and oxygen atoms in total. The molecule has 0 radical (unpaired) electrons. The molecule has 1 aliphatic rings. The molecule has 0 aromatic heterocycles. The molecule has 0 saturated carbocycles. The van der Waals surface area contributed by atoms with Crippen molar-refractivity contribution in [3.05, 3.63) is 28.7 Å². The van der Waals surface area contributed by atoms with Crippen LogP contribution in [-0.4, -0.2) is 29.4 Å². The van der Waals surface area contributed by atoms with Crippen LogP contribution < -0.4 is 10.6 Å². The van der Waals surface area contributed by atoms with Crippen molar-refractivity contribution < 1.29 is 9.59 Å². The topological polar surface area (TPSA) is 63.4 Å². The molecular formula is C12H13BrN2O2S. The Morgan fingerprint density at radius 2 is 2.22 bits per heavy atom. The molecule has 0 bridgehead atoms. The number of benzene rings is 1. The summed E-state index contributed by atoms with van der Waals surface area (Å²) in [7, 11) is 0. The number of halogens is 1. The van der Waals surface area contributed by atoms with Gasteiger partial charge in [-0.1, -0.05) is 22.0 Å². The molecule has 2 amide bonds. The molecule has 0 spiro atoms. The quantitative estimate of drug-likeness (QED) is 0.855. The molecule has 96 valence electrons. The van der Waals surface area contributed by atoms with Gasteiger partial charge in [-0.15, -0.1) is 11.8 Å². The van der Waals surface area contributed by atoms with Crippen LogP contribution in [0.4, 0.5) is 5.69 Å². The van der Waals surface area contributed by atoms with Gasteiger partial charge in [-0.25, -0.2) is 4.90 Å². The molecule has 1 atom stereocenters. The molecule has 6 heteroatoms. The van der Waals surface area contributed by atoms with Gasteiger partial charge in [0.2, 0.25) is 11.8 Å². The van der Waals surface area contributed by atoms with Crippen molar-refractivity contribution >= 4 is 45.2 Å². The number of nitrogens with zero attached hydrogens (tertiary/aromatic N) is 1. The van der Waals surface area contributed by atoms with Crippen molar-refractivity contribution in [3.63, 3.8) is 0 Å². The van der Waals surface area contributed by atoms with Gasteiger partial charge in [0.15, 0.2) is 0 Å². The highest BCUT2D eigenvalue weighted by molar-refractivity contribution is 9.10. The van der Waals surface area contributed by atoms with Gasteiger partial charge >= 0.3 is 0 Å².